The Labute approximate surface area is 488 Å². The zero-order valence-electron chi connectivity index (χ0n) is 55.3. The Morgan fingerprint density at radius 1 is 0.405 bits per heavy atom. The number of carbonyl (C=O) groups excluding carboxylic acids is 1. The molecule has 21 atom stereocenters. The number of ether oxygens (including phenoxy) is 1. The quantitative estimate of drug-likeness (QED) is 0.193. The fourth-order valence-electron chi connectivity index (χ4n) is 27.9. The van der Waals surface area contributed by atoms with Crippen LogP contribution in [0.1, 0.15) is 279 Å². The van der Waals surface area contributed by atoms with Crippen molar-refractivity contribution in [3.05, 3.63) is 47.6 Å². The first-order valence-electron chi connectivity index (χ1n) is 34.5. The van der Waals surface area contributed by atoms with Crippen LogP contribution in [0.25, 0.3) is 0 Å². The lowest BCUT2D eigenvalue weighted by atomic mass is 9.64. The number of rotatable bonds is 1. The summed E-state index contributed by atoms with van der Waals surface area (Å²) in [5, 5.41) is 0. The predicted molar refractivity (Wildman–Crippen MR) is 334 cm³/mol. The molecule has 2 heteroatoms. The minimum absolute atomic E-state index is 0.112. The van der Waals surface area contributed by atoms with Gasteiger partial charge in [0.05, 0.1) is 0 Å². The SMILES string of the molecule is C=C1CC[C@@]23C[C@@H]1C(C)(C)C2CC[C@H]3C.C=C1CC[C@]23C[C@H]1C(C)(C)C2CC[C@H]3C.CC(=O)O[C@]1(C)CC[C@@]23C[C@@H]1C(C)(C)C2CC[C@H]3C.CC1=CC[C@@]23C[C@@H]1C(C)(C)C2CC[C@H]3C.CC1=CC[C@]23C[C@H]1C(C)(C)C2CC[C@H]3C. The summed E-state index contributed by atoms with van der Waals surface area (Å²) in [6, 6.07) is 0. The van der Waals surface area contributed by atoms with Gasteiger partial charge in [-0.1, -0.05) is 151 Å². The van der Waals surface area contributed by atoms with Gasteiger partial charge in [0.15, 0.2) is 0 Å². The predicted octanol–water partition coefficient (Wildman–Crippen LogP) is 21.8. The molecule has 2 nitrogen and oxygen atoms in total. The lowest BCUT2D eigenvalue weighted by Crippen LogP contribution is -2.47. The first-order chi connectivity index (χ1) is 36.7. The van der Waals surface area contributed by atoms with E-state index in [1.165, 1.54) is 141 Å². The molecule has 10 bridgehead atoms. The Bertz CT molecular complexity index is 2340. The van der Waals surface area contributed by atoms with E-state index in [0.29, 0.717) is 49.2 Å². The minimum Gasteiger partial charge on any atom is -0.459 e. The summed E-state index contributed by atoms with van der Waals surface area (Å²) in [6.45, 7) is 54.7. The largest absolute Gasteiger partial charge is 0.459 e. The van der Waals surface area contributed by atoms with Crippen molar-refractivity contribution < 1.29 is 9.53 Å². The second kappa shape index (κ2) is 19.2. The van der Waals surface area contributed by atoms with E-state index >= 15 is 0 Å². The van der Waals surface area contributed by atoms with Crippen LogP contribution >= 0.6 is 0 Å². The molecule has 15 aliphatic carbocycles. The number of hydrogen-bond acceptors (Lipinski definition) is 2. The summed E-state index contributed by atoms with van der Waals surface area (Å²) in [5.41, 5.74) is 12.2. The molecule has 0 aromatic carbocycles. The Morgan fingerprint density at radius 2 is 0.709 bits per heavy atom. The molecular weight excluding hydrogens is 957 g/mol. The normalized spacial score (nSPS) is 51.5. The van der Waals surface area contributed by atoms with Gasteiger partial charge in [0.1, 0.15) is 5.60 Å². The van der Waals surface area contributed by atoms with E-state index in [1.54, 1.807) is 29.2 Å². The lowest BCUT2D eigenvalue weighted by molar-refractivity contribution is -0.171. The van der Waals surface area contributed by atoms with Crippen LogP contribution in [0, 0.1) is 143 Å². The standard InChI is InChI=1S/C17H28O2.4C15H24/c1-11-6-7-13-15(3,4)14-10-17(11,13)9-8-16(14,5)19-12(2)18;4*1-10-7-8-15-9-12(10)14(3,4)13(15)6-5-11(15)2/h11,13-14H,6-10H2,1-5H3;2*7,11-13H,5-6,8-9H2,1-4H3;2*11-13H,1,5-9H2,2-4H3/t11-,13?,14-,16-,17+;11-,12+,13?,15+;11-,12-,13?,15-;11-,12+,13?,15+;11-,12-,13?,15-/m11111/s1. The van der Waals surface area contributed by atoms with Gasteiger partial charge in [0, 0.05) is 12.8 Å². The first kappa shape index (κ1) is 59.2. The highest BCUT2D eigenvalue weighted by Gasteiger charge is 2.70. The van der Waals surface area contributed by atoms with Crippen LogP contribution in [0.15, 0.2) is 47.6 Å². The molecule has 5 spiro atoms. The van der Waals surface area contributed by atoms with Crippen molar-refractivity contribution >= 4 is 5.97 Å². The van der Waals surface area contributed by atoms with Gasteiger partial charge in [0.2, 0.25) is 0 Å². The van der Waals surface area contributed by atoms with Crippen LogP contribution in [0.5, 0.6) is 0 Å². The van der Waals surface area contributed by atoms with Crippen molar-refractivity contribution in [1.29, 1.82) is 0 Å². The lowest BCUT2D eigenvalue weighted by Gasteiger charge is -2.46. The van der Waals surface area contributed by atoms with Gasteiger partial charge >= 0.3 is 5.97 Å². The molecule has 444 valence electrons. The van der Waals surface area contributed by atoms with Gasteiger partial charge in [-0.2, -0.15) is 0 Å². The van der Waals surface area contributed by atoms with Crippen LogP contribution in [-0.4, -0.2) is 11.6 Å². The Hall–Kier alpha value is -1.57. The molecule has 13 fully saturated rings. The van der Waals surface area contributed by atoms with E-state index < -0.39 is 0 Å². The van der Waals surface area contributed by atoms with Gasteiger partial charge in [0.25, 0.3) is 0 Å². The Kier molecular flexibility index (Phi) is 14.4. The van der Waals surface area contributed by atoms with E-state index in [2.05, 4.69) is 150 Å². The molecule has 0 saturated heterocycles. The third kappa shape index (κ3) is 8.26. The molecule has 0 amide bonds. The zero-order chi connectivity index (χ0) is 57.4. The first-order valence-corrected chi connectivity index (χ1v) is 34.5. The molecule has 0 N–H and O–H groups in total. The van der Waals surface area contributed by atoms with Crippen LogP contribution < -0.4 is 0 Å². The van der Waals surface area contributed by atoms with E-state index in [1.807, 2.05) is 0 Å². The second-order valence-corrected chi connectivity index (χ2v) is 36.2. The van der Waals surface area contributed by atoms with Crippen molar-refractivity contribution in [3.8, 4) is 0 Å². The second-order valence-electron chi connectivity index (χ2n) is 36.2. The highest BCUT2D eigenvalue weighted by molar-refractivity contribution is 5.66. The summed E-state index contributed by atoms with van der Waals surface area (Å²) in [4.78, 5) is 11.5. The van der Waals surface area contributed by atoms with Gasteiger partial charge in [-0.15, -0.1) is 0 Å². The van der Waals surface area contributed by atoms with E-state index in [4.69, 9.17) is 4.74 Å². The fourth-order valence-corrected chi connectivity index (χ4v) is 27.9. The van der Waals surface area contributed by atoms with Crippen LogP contribution in [-0.2, 0) is 9.53 Å². The number of esters is 1. The Balaban J connectivity index is 0.000000105. The third-order valence-corrected chi connectivity index (χ3v) is 32.4. The molecule has 0 aliphatic heterocycles. The maximum Gasteiger partial charge on any atom is 0.303 e. The van der Waals surface area contributed by atoms with Crippen molar-refractivity contribution in [2.75, 3.05) is 0 Å². The number of fused-ring (bicyclic) bond motifs is 5. The fraction of sp³-hybridized carbons (Fsp3) is 0.883. The minimum atomic E-state index is -0.232. The maximum absolute atomic E-state index is 11.5. The molecule has 0 aromatic rings. The summed E-state index contributed by atoms with van der Waals surface area (Å²) < 4.78 is 5.80. The summed E-state index contributed by atoms with van der Waals surface area (Å²) >= 11 is 0. The van der Waals surface area contributed by atoms with E-state index in [0.717, 1.165) is 100 Å². The molecular formula is C77H124O2. The average Bonchev–Trinajstić information content (AvgIpc) is 4.38. The molecule has 0 aromatic heterocycles. The van der Waals surface area contributed by atoms with Crippen molar-refractivity contribution in [2.24, 2.45) is 143 Å². The van der Waals surface area contributed by atoms with Crippen molar-refractivity contribution in [3.63, 3.8) is 0 Å². The number of hydrogen-bond donors (Lipinski definition) is 0. The smallest absolute Gasteiger partial charge is 0.303 e. The monoisotopic (exact) mass is 1080 g/mol. The molecule has 0 heterocycles. The van der Waals surface area contributed by atoms with Gasteiger partial charge in [-0.05, 0) is 305 Å². The molecule has 13 saturated carbocycles. The average molecular weight is 1080 g/mol. The number of allylic oxidation sites excluding steroid dienone is 6. The number of carbonyl (C=O) groups is 1. The van der Waals surface area contributed by atoms with E-state index in [9.17, 15) is 4.79 Å². The zero-order valence-corrected chi connectivity index (χ0v) is 55.3. The van der Waals surface area contributed by atoms with Gasteiger partial charge in [-0.25, -0.2) is 0 Å². The van der Waals surface area contributed by atoms with Gasteiger partial charge < -0.3 is 4.74 Å². The maximum atomic E-state index is 11.5. The Morgan fingerprint density at radius 3 is 1.08 bits per heavy atom. The van der Waals surface area contributed by atoms with Crippen LogP contribution in [0.2, 0.25) is 0 Å². The molecule has 0 radical (unpaired) electrons. The third-order valence-electron chi connectivity index (χ3n) is 32.4. The highest BCUT2D eigenvalue weighted by Crippen LogP contribution is 2.77. The van der Waals surface area contributed by atoms with Crippen molar-refractivity contribution in [1.82, 2.24) is 0 Å². The van der Waals surface area contributed by atoms with E-state index in [-0.39, 0.29) is 11.6 Å². The topological polar surface area (TPSA) is 26.3 Å². The van der Waals surface area contributed by atoms with Crippen LogP contribution in [0.3, 0.4) is 0 Å². The van der Waals surface area contributed by atoms with Crippen molar-refractivity contribution in [2.45, 2.75) is 285 Å². The summed E-state index contributed by atoms with van der Waals surface area (Å²) in [7, 11) is 0. The molecule has 79 heavy (non-hydrogen) atoms. The molecule has 15 aliphatic rings. The highest BCUT2D eigenvalue weighted by atomic mass is 16.6. The summed E-state index contributed by atoms with van der Waals surface area (Å²) in [5.74, 6) is 13.4. The molecule has 15 rings (SSSR count). The van der Waals surface area contributed by atoms with Gasteiger partial charge in [-0.3, -0.25) is 4.79 Å². The summed E-state index contributed by atoms with van der Waals surface area (Å²) in [6.07, 6.45) is 37.5. The molecule has 5 unspecified atom stereocenters. The van der Waals surface area contributed by atoms with Crippen LogP contribution in [0.4, 0.5) is 0 Å².